The Morgan fingerprint density at radius 3 is 2.62 bits per heavy atom. The van der Waals surface area contributed by atoms with E-state index in [0.29, 0.717) is 17.3 Å². The van der Waals surface area contributed by atoms with Gasteiger partial charge in [0.2, 0.25) is 5.89 Å². The minimum atomic E-state index is -0.156. The predicted molar refractivity (Wildman–Crippen MR) is 91.3 cm³/mol. The molecular weight excluding hydrogens is 302 g/mol. The van der Waals surface area contributed by atoms with E-state index in [0.717, 1.165) is 24.0 Å². The number of rotatable bonds is 6. The second-order valence-corrected chi connectivity index (χ2v) is 5.45. The van der Waals surface area contributed by atoms with Crippen molar-refractivity contribution in [2.24, 2.45) is 0 Å². The topological polar surface area (TPSA) is 68.0 Å². The number of benzene rings is 2. The van der Waals surface area contributed by atoms with Gasteiger partial charge in [-0.25, -0.2) is 0 Å². The number of hydrogen-bond donors (Lipinski definition) is 1. The van der Waals surface area contributed by atoms with Gasteiger partial charge in [-0.05, 0) is 23.6 Å². The summed E-state index contributed by atoms with van der Waals surface area (Å²) < 4.78 is 5.12. The summed E-state index contributed by atoms with van der Waals surface area (Å²) in [6.45, 7) is 2.29. The van der Waals surface area contributed by atoms with Crippen molar-refractivity contribution in [3.8, 4) is 11.1 Å². The van der Waals surface area contributed by atoms with Crippen LogP contribution in [0.25, 0.3) is 11.1 Å². The molecule has 3 rings (SSSR count). The Hall–Kier alpha value is -2.95. The lowest BCUT2D eigenvalue weighted by atomic mass is 9.99. The van der Waals surface area contributed by atoms with Crippen LogP contribution in [0.4, 0.5) is 0 Å². The smallest absolute Gasteiger partial charge is 0.252 e. The first-order valence-electron chi connectivity index (χ1n) is 8.02. The fraction of sp³-hybridized carbons (Fsp3) is 0.211. The van der Waals surface area contributed by atoms with Crippen LogP contribution in [-0.4, -0.2) is 16.0 Å². The van der Waals surface area contributed by atoms with Gasteiger partial charge in [-0.2, -0.15) is 4.98 Å². The Labute approximate surface area is 140 Å². The Morgan fingerprint density at radius 2 is 1.83 bits per heavy atom. The first-order valence-corrected chi connectivity index (χ1v) is 8.02. The van der Waals surface area contributed by atoms with Crippen molar-refractivity contribution < 1.29 is 9.32 Å². The first-order chi connectivity index (χ1) is 11.8. The number of carbonyl (C=O) groups is 1. The zero-order chi connectivity index (χ0) is 16.8. The molecule has 0 saturated carbocycles. The standard InChI is InChI=1S/C19H19N3O2/c1-2-8-18-21-17(22-24-18)13-20-19(23)16-12-7-6-11-15(16)14-9-4-3-5-10-14/h3-7,9-12H,2,8,13H2,1H3,(H,20,23). The van der Waals surface area contributed by atoms with Crippen LogP contribution in [0.5, 0.6) is 0 Å². The molecule has 0 aliphatic rings. The summed E-state index contributed by atoms with van der Waals surface area (Å²) in [4.78, 5) is 16.8. The Morgan fingerprint density at radius 1 is 1.08 bits per heavy atom. The quantitative estimate of drug-likeness (QED) is 0.753. The van der Waals surface area contributed by atoms with Crippen LogP contribution >= 0.6 is 0 Å². The molecule has 1 heterocycles. The number of aromatic nitrogens is 2. The van der Waals surface area contributed by atoms with Crippen LogP contribution in [0.2, 0.25) is 0 Å². The molecule has 0 bridgehead atoms. The lowest BCUT2D eigenvalue weighted by molar-refractivity contribution is 0.0950. The molecule has 0 fully saturated rings. The van der Waals surface area contributed by atoms with Gasteiger partial charge in [0.15, 0.2) is 5.82 Å². The van der Waals surface area contributed by atoms with Gasteiger partial charge in [0.1, 0.15) is 0 Å². The third-order valence-corrected chi connectivity index (χ3v) is 3.64. The van der Waals surface area contributed by atoms with Gasteiger partial charge in [-0.3, -0.25) is 4.79 Å². The van der Waals surface area contributed by atoms with E-state index in [9.17, 15) is 4.79 Å². The normalized spacial score (nSPS) is 10.5. The molecule has 24 heavy (non-hydrogen) atoms. The van der Waals surface area contributed by atoms with Crippen LogP contribution < -0.4 is 5.32 Å². The highest BCUT2D eigenvalue weighted by Crippen LogP contribution is 2.23. The van der Waals surface area contributed by atoms with Crippen LogP contribution in [-0.2, 0) is 13.0 Å². The maximum Gasteiger partial charge on any atom is 0.252 e. The van der Waals surface area contributed by atoms with Crippen LogP contribution in [0, 0.1) is 0 Å². The second kappa shape index (κ2) is 7.55. The summed E-state index contributed by atoms with van der Waals surface area (Å²) in [5.41, 5.74) is 2.53. The predicted octanol–water partition coefficient (Wildman–Crippen LogP) is 3.62. The fourth-order valence-corrected chi connectivity index (χ4v) is 2.48. The van der Waals surface area contributed by atoms with Gasteiger partial charge in [-0.1, -0.05) is 60.6 Å². The fourth-order valence-electron chi connectivity index (χ4n) is 2.48. The average Bonchev–Trinajstić information content (AvgIpc) is 3.08. The molecule has 0 radical (unpaired) electrons. The van der Waals surface area contributed by atoms with Crippen LogP contribution in [0.1, 0.15) is 35.4 Å². The highest BCUT2D eigenvalue weighted by atomic mass is 16.5. The number of aryl methyl sites for hydroxylation is 1. The number of hydrogen-bond acceptors (Lipinski definition) is 4. The molecule has 1 N–H and O–H groups in total. The molecule has 2 aromatic carbocycles. The molecule has 0 spiro atoms. The molecule has 122 valence electrons. The Balaban J connectivity index is 1.73. The van der Waals surface area contributed by atoms with E-state index < -0.39 is 0 Å². The van der Waals surface area contributed by atoms with Crippen molar-refractivity contribution in [2.75, 3.05) is 0 Å². The Bertz CT molecular complexity index is 812. The highest BCUT2D eigenvalue weighted by Gasteiger charge is 2.13. The lowest BCUT2D eigenvalue weighted by Gasteiger charge is -2.09. The summed E-state index contributed by atoms with van der Waals surface area (Å²) in [5.74, 6) is 0.937. The van der Waals surface area contributed by atoms with E-state index in [1.807, 2.05) is 61.5 Å². The minimum absolute atomic E-state index is 0.156. The van der Waals surface area contributed by atoms with Gasteiger partial charge < -0.3 is 9.84 Å². The van der Waals surface area contributed by atoms with Gasteiger partial charge in [0, 0.05) is 12.0 Å². The maximum absolute atomic E-state index is 12.5. The monoisotopic (exact) mass is 321 g/mol. The van der Waals surface area contributed by atoms with Crippen molar-refractivity contribution in [3.63, 3.8) is 0 Å². The molecule has 1 amide bonds. The summed E-state index contributed by atoms with van der Waals surface area (Å²) in [5, 5.41) is 6.74. The van der Waals surface area contributed by atoms with Crippen molar-refractivity contribution in [3.05, 3.63) is 71.9 Å². The summed E-state index contributed by atoms with van der Waals surface area (Å²) in [6, 6.07) is 17.4. The van der Waals surface area contributed by atoms with E-state index in [1.54, 1.807) is 0 Å². The molecule has 0 unspecified atom stereocenters. The highest BCUT2D eigenvalue weighted by molar-refractivity contribution is 6.00. The first kappa shape index (κ1) is 15.9. The third kappa shape index (κ3) is 3.68. The van der Waals surface area contributed by atoms with Crippen molar-refractivity contribution in [2.45, 2.75) is 26.3 Å². The SMILES string of the molecule is CCCc1nc(CNC(=O)c2ccccc2-c2ccccc2)no1. The average molecular weight is 321 g/mol. The lowest BCUT2D eigenvalue weighted by Crippen LogP contribution is -2.24. The second-order valence-electron chi connectivity index (χ2n) is 5.45. The maximum atomic E-state index is 12.5. The van der Waals surface area contributed by atoms with Gasteiger partial charge in [-0.15, -0.1) is 0 Å². The Kier molecular flexibility index (Phi) is 5.01. The van der Waals surface area contributed by atoms with E-state index in [-0.39, 0.29) is 12.5 Å². The van der Waals surface area contributed by atoms with E-state index in [1.165, 1.54) is 0 Å². The number of nitrogens with one attached hydrogen (secondary N) is 1. The molecule has 0 atom stereocenters. The molecule has 5 nitrogen and oxygen atoms in total. The largest absolute Gasteiger partial charge is 0.345 e. The molecule has 0 aliphatic carbocycles. The zero-order valence-electron chi connectivity index (χ0n) is 13.5. The summed E-state index contributed by atoms with van der Waals surface area (Å²) in [6.07, 6.45) is 1.69. The zero-order valence-corrected chi connectivity index (χ0v) is 13.5. The molecule has 0 aliphatic heterocycles. The molecular formula is C19H19N3O2. The molecule has 3 aromatic rings. The van der Waals surface area contributed by atoms with Crippen LogP contribution in [0.15, 0.2) is 59.1 Å². The van der Waals surface area contributed by atoms with Crippen molar-refractivity contribution >= 4 is 5.91 Å². The van der Waals surface area contributed by atoms with E-state index in [4.69, 9.17) is 4.52 Å². The number of carbonyl (C=O) groups excluding carboxylic acids is 1. The van der Waals surface area contributed by atoms with Crippen molar-refractivity contribution in [1.29, 1.82) is 0 Å². The van der Waals surface area contributed by atoms with Crippen LogP contribution in [0.3, 0.4) is 0 Å². The number of amides is 1. The number of nitrogens with zero attached hydrogens (tertiary/aromatic N) is 2. The molecule has 1 aromatic heterocycles. The minimum Gasteiger partial charge on any atom is -0.345 e. The van der Waals surface area contributed by atoms with Gasteiger partial charge >= 0.3 is 0 Å². The van der Waals surface area contributed by atoms with Gasteiger partial charge in [0.25, 0.3) is 5.91 Å². The van der Waals surface area contributed by atoms with E-state index in [2.05, 4.69) is 15.5 Å². The summed E-state index contributed by atoms with van der Waals surface area (Å²) in [7, 11) is 0. The van der Waals surface area contributed by atoms with Crippen molar-refractivity contribution in [1.82, 2.24) is 15.5 Å². The molecule has 5 heteroatoms. The van der Waals surface area contributed by atoms with Gasteiger partial charge in [0.05, 0.1) is 6.54 Å². The molecule has 0 saturated heterocycles. The van der Waals surface area contributed by atoms with E-state index >= 15 is 0 Å². The summed E-state index contributed by atoms with van der Waals surface area (Å²) >= 11 is 0. The third-order valence-electron chi connectivity index (χ3n) is 3.64.